The molecule has 2 aromatic carbocycles. The van der Waals surface area contributed by atoms with Crippen molar-refractivity contribution in [3.05, 3.63) is 56.9 Å². The highest BCUT2D eigenvalue weighted by Gasteiger charge is 2.11. The Morgan fingerprint density at radius 3 is 2.83 bits per heavy atom. The summed E-state index contributed by atoms with van der Waals surface area (Å²) in [4.78, 5) is 10.8. The lowest BCUT2D eigenvalue weighted by molar-refractivity contribution is -0.118. The fraction of sp³-hybridized carbons (Fsp3) is 0.176. The molecule has 0 heterocycles. The molecule has 5 nitrogen and oxygen atoms in total. The number of nitrogens with one attached hydrogen (secondary N) is 1. The number of methoxy groups -OCH3 is 1. The highest BCUT2D eigenvalue weighted by molar-refractivity contribution is 14.1. The van der Waals surface area contributed by atoms with Gasteiger partial charge in [0.25, 0.3) is 0 Å². The average molecular weight is 442 g/mol. The number of hydrogen-bond acceptors (Lipinski definition) is 4. The predicted molar refractivity (Wildman–Crippen MR) is 97.9 cm³/mol. The number of amides is 1. The van der Waals surface area contributed by atoms with Gasteiger partial charge in [0.15, 0.2) is 11.5 Å². The Morgan fingerprint density at radius 1 is 1.38 bits per heavy atom. The van der Waals surface area contributed by atoms with Crippen LogP contribution in [0.3, 0.4) is 0 Å². The molecule has 0 fully saturated rings. The van der Waals surface area contributed by atoms with Crippen LogP contribution in [0, 0.1) is 9.39 Å². The van der Waals surface area contributed by atoms with Crippen molar-refractivity contribution in [1.82, 2.24) is 5.43 Å². The van der Waals surface area contributed by atoms with Crippen LogP contribution >= 0.6 is 22.6 Å². The monoisotopic (exact) mass is 442 g/mol. The van der Waals surface area contributed by atoms with Gasteiger partial charge in [0.2, 0.25) is 5.91 Å². The first-order valence-corrected chi connectivity index (χ1v) is 8.12. The number of carbonyl (C=O) groups excluding carboxylic acids is 1. The molecule has 0 bridgehead atoms. The van der Waals surface area contributed by atoms with Gasteiger partial charge >= 0.3 is 0 Å². The number of hydrazone groups is 1. The van der Waals surface area contributed by atoms with E-state index in [0.717, 1.165) is 14.7 Å². The molecule has 0 saturated carbocycles. The fourth-order valence-corrected chi connectivity index (χ4v) is 2.72. The summed E-state index contributed by atoms with van der Waals surface area (Å²) in [5, 5.41) is 3.82. The van der Waals surface area contributed by atoms with Gasteiger partial charge < -0.3 is 9.47 Å². The molecule has 2 aromatic rings. The SMILES string of the molecule is COc1cc(/C=N\NC(C)=O)cc(I)c1OCc1cccc(F)c1. The summed E-state index contributed by atoms with van der Waals surface area (Å²) in [5.74, 6) is 0.548. The van der Waals surface area contributed by atoms with E-state index in [2.05, 4.69) is 33.1 Å². The van der Waals surface area contributed by atoms with Crippen molar-refractivity contribution in [2.45, 2.75) is 13.5 Å². The van der Waals surface area contributed by atoms with E-state index in [1.807, 2.05) is 6.07 Å². The minimum Gasteiger partial charge on any atom is -0.493 e. The van der Waals surface area contributed by atoms with Crippen LogP contribution < -0.4 is 14.9 Å². The number of ether oxygens (including phenoxy) is 2. The summed E-state index contributed by atoms with van der Waals surface area (Å²) in [6, 6.07) is 9.82. The van der Waals surface area contributed by atoms with E-state index in [1.54, 1.807) is 18.2 Å². The first-order chi connectivity index (χ1) is 11.5. The fourth-order valence-electron chi connectivity index (χ4n) is 1.93. The van der Waals surface area contributed by atoms with Gasteiger partial charge in [0, 0.05) is 6.92 Å². The maximum absolute atomic E-state index is 13.2. The van der Waals surface area contributed by atoms with Gasteiger partial charge in [-0.25, -0.2) is 9.82 Å². The smallest absolute Gasteiger partial charge is 0.236 e. The third-order valence-electron chi connectivity index (χ3n) is 2.96. The number of hydrogen-bond donors (Lipinski definition) is 1. The van der Waals surface area contributed by atoms with Gasteiger partial charge in [-0.2, -0.15) is 5.10 Å². The zero-order chi connectivity index (χ0) is 17.5. The molecule has 1 amide bonds. The molecule has 1 N–H and O–H groups in total. The molecule has 24 heavy (non-hydrogen) atoms. The van der Waals surface area contributed by atoms with Crippen LogP contribution in [0.5, 0.6) is 11.5 Å². The summed E-state index contributed by atoms with van der Waals surface area (Å²) >= 11 is 2.12. The van der Waals surface area contributed by atoms with E-state index in [4.69, 9.17) is 9.47 Å². The number of nitrogens with zero attached hydrogens (tertiary/aromatic N) is 1. The van der Waals surface area contributed by atoms with Crippen molar-refractivity contribution in [2.75, 3.05) is 7.11 Å². The summed E-state index contributed by atoms with van der Waals surface area (Å²) in [7, 11) is 1.54. The number of halogens is 2. The normalized spacial score (nSPS) is 10.7. The Kier molecular flexibility index (Phi) is 6.53. The van der Waals surface area contributed by atoms with Crippen molar-refractivity contribution < 1.29 is 18.7 Å². The molecule has 0 atom stereocenters. The van der Waals surface area contributed by atoms with Crippen LogP contribution in [0.25, 0.3) is 0 Å². The average Bonchev–Trinajstić information content (AvgIpc) is 2.53. The van der Waals surface area contributed by atoms with Crippen molar-refractivity contribution in [3.8, 4) is 11.5 Å². The van der Waals surface area contributed by atoms with E-state index in [0.29, 0.717) is 11.5 Å². The largest absolute Gasteiger partial charge is 0.493 e. The summed E-state index contributed by atoms with van der Waals surface area (Å²) < 4.78 is 25.2. The summed E-state index contributed by atoms with van der Waals surface area (Å²) in [6.45, 7) is 1.61. The Balaban J connectivity index is 2.17. The highest BCUT2D eigenvalue weighted by Crippen LogP contribution is 2.34. The van der Waals surface area contributed by atoms with Gasteiger partial charge in [-0.15, -0.1) is 0 Å². The van der Waals surface area contributed by atoms with E-state index >= 15 is 0 Å². The van der Waals surface area contributed by atoms with Crippen LogP contribution in [0.1, 0.15) is 18.1 Å². The lowest BCUT2D eigenvalue weighted by atomic mass is 10.2. The molecule has 7 heteroatoms. The number of rotatable bonds is 6. The van der Waals surface area contributed by atoms with Crippen LogP contribution in [0.2, 0.25) is 0 Å². The maximum atomic E-state index is 13.2. The van der Waals surface area contributed by atoms with Crippen LogP contribution in [-0.2, 0) is 11.4 Å². The summed E-state index contributed by atoms with van der Waals surface area (Å²) in [5.41, 5.74) is 3.82. The molecular weight excluding hydrogens is 426 g/mol. The second-order valence-electron chi connectivity index (χ2n) is 4.88. The zero-order valence-electron chi connectivity index (χ0n) is 13.2. The lowest BCUT2D eigenvalue weighted by Crippen LogP contribution is -2.12. The van der Waals surface area contributed by atoms with E-state index in [-0.39, 0.29) is 18.3 Å². The molecule has 0 aliphatic heterocycles. The Hall–Kier alpha value is -2.16. The predicted octanol–water partition coefficient (Wildman–Crippen LogP) is 3.49. The summed E-state index contributed by atoms with van der Waals surface area (Å²) in [6.07, 6.45) is 1.52. The molecule has 0 aromatic heterocycles. The molecule has 0 saturated heterocycles. The topological polar surface area (TPSA) is 59.9 Å². The second kappa shape index (κ2) is 8.62. The molecule has 0 aliphatic carbocycles. The third kappa shape index (κ3) is 5.19. The third-order valence-corrected chi connectivity index (χ3v) is 3.76. The molecule has 0 radical (unpaired) electrons. The standard InChI is InChI=1S/C17H16FIN2O3/c1-11(22)21-20-9-13-7-15(19)17(16(8-13)23-2)24-10-12-4-3-5-14(18)6-12/h3-9H,10H2,1-2H3,(H,21,22)/b20-9-. The molecule has 126 valence electrons. The molecule has 0 aliphatic rings. The highest BCUT2D eigenvalue weighted by atomic mass is 127. The van der Waals surface area contributed by atoms with Crippen LogP contribution in [0.4, 0.5) is 4.39 Å². The lowest BCUT2D eigenvalue weighted by Gasteiger charge is -2.13. The molecule has 0 unspecified atom stereocenters. The number of carbonyl (C=O) groups is 1. The Morgan fingerprint density at radius 2 is 2.17 bits per heavy atom. The van der Waals surface area contributed by atoms with Crippen LogP contribution in [-0.4, -0.2) is 19.2 Å². The van der Waals surface area contributed by atoms with Crippen molar-refractivity contribution in [1.29, 1.82) is 0 Å². The van der Waals surface area contributed by atoms with Gasteiger partial charge in [0.1, 0.15) is 12.4 Å². The van der Waals surface area contributed by atoms with Gasteiger partial charge in [0.05, 0.1) is 16.9 Å². The maximum Gasteiger partial charge on any atom is 0.236 e. The molecular formula is C17H16FIN2O3. The van der Waals surface area contributed by atoms with Crippen molar-refractivity contribution >= 4 is 34.7 Å². The van der Waals surface area contributed by atoms with Crippen molar-refractivity contribution in [3.63, 3.8) is 0 Å². The van der Waals surface area contributed by atoms with E-state index in [9.17, 15) is 9.18 Å². The number of benzene rings is 2. The van der Waals surface area contributed by atoms with E-state index in [1.165, 1.54) is 32.4 Å². The second-order valence-corrected chi connectivity index (χ2v) is 6.04. The first-order valence-electron chi connectivity index (χ1n) is 7.04. The van der Waals surface area contributed by atoms with Crippen molar-refractivity contribution in [2.24, 2.45) is 5.10 Å². The zero-order valence-corrected chi connectivity index (χ0v) is 15.3. The molecule has 2 rings (SSSR count). The van der Waals surface area contributed by atoms with Crippen LogP contribution in [0.15, 0.2) is 41.5 Å². The quantitative estimate of drug-likeness (QED) is 0.424. The first kappa shape index (κ1) is 18.2. The van der Waals surface area contributed by atoms with Gasteiger partial charge in [-0.1, -0.05) is 12.1 Å². The molecule has 0 spiro atoms. The Bertz CT molecular complexity index is 765. The minimum absolute atomic E-state index is 0.226. The Labute approximate surface area is 153 Å². The van der Waals surface area contributed by atoms with Gasteiger partial charge in [-0.3, -0.25) is 4.79 Å². The minimum atomic E-state index is -0.303. The van der Waals surface area contributed by atoms with E-state index < -0.39 is 0 Å². The van der Waals surface area contributed by atoms with Gasteiger partial charge in [-0.05, 0) is 58.0 Å².